The van der Waals surface area contributed by atoms with Gasteiger partial charge in [0.05, 0.1) is 25.2 Å². The summed E-state index contributed by atoms with van der Waals surface area (Å²) in [6.45, 7) is 6.43. The maximum atomic E-state index is 13.2. The number of unbranched alkanes of at least 4 members (excludes halogenated alkanes) is 26. The molecule has 0 fully saturated rings. The molecular weight excluding hydrogens is 743 g/mol. The predicted molar refractivity (Wildman–Crippen MR) is 259 cm³/mol. The number of hydrogen-bond donors (Lipinski definition) is 3. The average Bonchev–Trinajstić information content (AvgIpc) is 3.24. The minimum absolute atomic E-state index is 0.0632. The van der Waals surface area contributed by atoms with Crippen molar-refractivity contribution in [2.75, 3.05) is 6.61 Å². The SMILES string of the molecule is CCCCC/C=C\C/C=C\C/C=C\CCCCCCC(=O)OC(CCCCCCC/C=C/CCCCCCCC)CC(=O)NC(CO)C(O)CCCCCCCCCCC. The Morgan fingerprint density at radius 2 is 0.850 bits per heavy atom. The number of allylic oxidation sites excluding steroid dienone is 8. The van der Waals surface area contributed by atoms with Crippen molar-refractivity contribution in [1.29, 1.82) is 0 Å². The molecule has 350 valence electrons. The lowest BCUT2D eigenvalue weighted by atomic mass is 10.0. The van der Waals surface area contributed by atoms with Crippen LogP contribution in [0, 0.1) is 0 Å². The van der Waals surface area contributed by atoms with E-state index in [0.29, 0.717) is 19.3 Å². The zero-order valence-electron chi connectivity index (χ0n) is 39.8. The van der Waals surface area contributed by atoms with Crippen LogP contribution in [-0.2, 0) is 14.3 Å². The van der Waals surface area contributed by atoms with Crippen molar-refractivity contribution < 1.29 is 24.5 Å². The van der Waals surface area contributed by atoms with E-state index >= 15 is 0 Å². The smallest absolute Gasteiger partial charge is 0.306 e. The van der Waals surface area contributed by atoms with E-state index in [2.05, 4.69) is 74.7 Å². The highest BCUT2D eigenvalue weighted by Gasteiger charge is 2.24. The Morgan fingerprint density at radius 1 is 0.483 bits per heavy atom. The summed E-state index contributed by atoms with van der Waals surface area (Å²) in [6.07, 6.45) is 57.4. The van der Waals surface area contributed by atoms with Gasteiger partial charge in [-0.05, 0) is 89.9 Å². The van der Waals surface area contributed by atoms with Crippen molar-refractivity contribution in [3.63, 3.8) is 0 Å². The van der Waals surface area contributed by atoms with E-state index < -0.39 is 18.2 Å². The Bertz CT molecular complexity index is 1040. The first-order valence-electron chi connectivity index (χ1n) is 25.9. The summed E-state index contributed by atoms with van der Waals surface area (Å²) < 4.78 is 5.92. The quantitative estimate of drug-likeness (QED) is 0.0322. The van der Waals surface area contributed by atoms with Gasteiger partial charge in [0.25, 0.3) is 0 Å². The predicted octanol–water partition coefficient (Wildman–Crippen LogP) is 15.5. The van der Waals surface area contributed by atoms with Crippen LogP contribution in [0.4, 0.5) is 0 Å². The molecule has 0 spiro atoms. The number of hydrogen-bond acceptors (Lipinski definition) is 5. The van der Waals surface area contributed by atoms with E-state index in [1.54, 1.807) is 0 Å². The lowest BCUT2D eigenvalue weighted by Gasteiger charge is -2.24. The lowest BCUT2D eigenvalue weighted by Crippen LogP contribution is -2.46. The van der Waals surface area contributed by atoms with Crippen LogP contribution in [0.2, 0.25) is 0 Å². The van der Waals surface area contributed by atoms with Gasteiger partial charge in [0.2, 0.25) is 5.91 Å². The zero-order valence-corrected chi connectivity index (χ0v) is 39.8. The van der Waals surface area contributed by atoms with Crippen LogP contribution in [-0.4, -0.2) is 46.9 Å². The molecular formula is C54H99NO5. The number of ether oxygens (including phenoxy) is 1. The molecule has 0 aromatic carbocycles. The van der Waals surface area contributed by atoms with Crippen molar-refractivity contribution in [3.05, 3.63) is 48.6 Å². The standard InChI is InChI=1S/C54H99NO5/c1-4-7-10-13-16-19-21-23-25-26-28-30-32-35-38-41-44-47-54(59)60-50(45-42-39-36-34-31-29-27-24-22-20-17-14-11-8-5-2)48-53(58)55-51(49-56)52(57)46-43-40-37-33-18-15-12-9-6-3/h16,19,23-25,27-28,30,50-52,56-57H,4-15,17-18,20-22,26,29,31-49H2,1-3H3,(H,55,58)/b19-16-,25-23-,27-24+,30-28-. The highest BCUT2D eigenvalue weighted by Crippen LogP contribution is 2.17. The van der Waals surface area contributed by atoms with Crippen molar-refractivity contribution in [1.82, 2.24) is 5.32 Å². The monoisotopic (exact) mass is 842 g/mol. The molecule has 3 atom stereocenters. The second-order valence-electron chi connectivity index (χ2n) is 17.6. The van der Waals surface area contributed by atoms with Gasteiger partial charge in [-0.2, -0.15) is 0 Å². The van der Waals surface area contributed by atoms with E-state index in [0.717, 1.165) is 89.9 Å². The summed E-state index contributed by atoms with van der Waals surface area (Å²) in [7, 11) is 0. The van der Waals surface area contributed by atoms with Crippen molar-refractivity contribution in [2.45, 2.75) is 277 Å². The number of esters is 1. The molecule has 0 aliphatic carbocycles. The molecule has 3 N–H and O–H groups in total. The first kappa shape index (κ1) is 57.8. The molecule has 3 unspecified atom stereocenters. The topological polar surface area (TPSA) is 95.9 Å². The van der Waals surface area contributed by atoms with Crippen molar-refractivity contribution in [3.8, 4) is 0 Å². The van der Waals surface area contributed by atoms with E-state index in [-0.39, 0.29) is 24.9 Å². The largest absolute Gasteiger partial charge is 0.462 e. The van der Waals surface area contributed by atoms with Crippen molar-refractivity contribution in [2.24, 2.45) is 0 Å². The second kappa shape index (κ2) is 47.9. The van der Waals surface area contributed by atoms with Crippen LogP contribution in [0.1, 0.15) is 258 Å². The van der Waals surface area contributed by atoms with Gasteiger partial charge in [0.1, 0.15) is 6.10 Å². The molecule has 0 heterocycles. The minimum atomic E-state index is -0.792. The number of amides is 1. The number of carbonyl (C=O) groups is 2. The van der Waals surface area contributed by atoms with Gasteiger partial charge >= 0.3 is 5.97 Å². The van der Waals surface area contributed by atoms with Crippen molar-refractivity contribution >= 4 is 11.9 Å². The average molecular weight is 842 g/mol. The molecule has 0 saturated heterocycles. The Morgan fingerprint density at radius 3 is 1.33 bits per heavy atom. The fourth-order valence-corrected chi connectivity index (χ4v) is 7.67. The van der Waals surface area contributed by atoms with Crippen LogP contribution < -0.4 is 5.32 Å². The normalized spacial score (nSPS) is 13.6. The lowest BCUT2D eigenvalue weighted by molar-refractivity contribution is -0.151. The second-order valence-corrected chi connectivity index (χ2v) is 17.6. The fourth-order valence-electron chi connectivity index (χ4n) is 7.67. The zero-order chi connectivity index (χ0) is 43.8. The van der Waals surface area contributed by atoms with E-state index in [1.807, 2.05) is 0 Å². The molecule has 0 aromatic heterocycles. The molecule has 1 amide bonds. The Balaban J connectivity index is 4.62. The Kier molecular flexibility index (Phi) is 46.1. The maximum Gasteiger partial charge on any atom is 0.306 e. The summed E-state index contributed by atoms with van der Waals surface area (Å²) >= 11 is 0. The first-order valence-corrected chi connectivity index (χ1v) is 25.9. The van der Waals surface area contributed by atoms with Gasteiger partial charge in [-0.1, -0.05) is 204 Å². The van der Waals surface area contributed by atoms with Gasteiger partial charge in [0, 0.05) is 6.42 Å². The summed E-state index contributed by atoms with van der Waals surface area (Å²) in [5, 5.41) is 23.7. The van der Waals surface area contributed by atoms with Crippen LogP contribution in [0.5, 0.6) is 0 Å². The number of aliphatic hydroxyl groups excluding tert-OH is 2. The van der Waals surface area contributed by atoms with Gasteiger partial charge in [-0.25, -0.2) is 0 Å². The highest BCUT2D eigenvalue weighted by atomic mass is 16.5. The maximum absolute atomic E-state index is 13.2. The molecule has 0 aliphatic rings. The Labute approximate surface area is 372 Å². The van der Waals surface area contributed by atoms with E-state index in [4.69, 9.17) is 4.74 Å². The number of rotatable bonds is 46. The summed E-state index contributed by atoms with van der Waals surface area (Å²) in [5.74, 6) is -0.504. The highest BCUT2D eigenvalue weighted by molar-refractivity contribution is 5.77. The number of carbonyl (C=O) groups excluding carboxylic acids is 2. The third-order valence-corrected chi connectivity index (χ3v) is 11.6. The molecule has 0 bridgehead atoms. The molecule has 6 nitrogen and oxygen atoms in total. The number of nitrogens with one attached hydrogen (secondary N) is 1. The summed E-state index contributed by atoms with van der Waals surface area (Å²) in [5.41, 5.74) is 0. The van der Waals surface area contributed by atoms with Gasteiger partial charge < -0.3 is 20.3 Å². The molecule has 60 heavy (non-hydrogen) atoms. The molecule has 0 rings (SSSR count). The molecule has 0 saturated carbocycles. The van der Waals surface area contributed by atoms with Crippen LogP contribution in [0.15, 0.2) is 48.6 Å². The molecule has 0 radical (unpaired) electrons. The van der Waals surface area contributed by atoms with Crippen LogP contribution in [0.25, 0.3) is 0 Å². The summed E-state index contributed by atoms with van der Waals surface area (Å²) in [4.78, 5) is 26.1. The number of aliphatic hydroxyl groups is 2. The van der Waals surface area contributed by atoms with Gasteiger partial charge in [-0.15, -0.1) is 0 Å². The van der Waals surface area contributed by atoms with E-state index in [1.165, 1.54) is 122 Å². The minimum Gasteiger partial charge on any atom is -0.462 e. The molecule has 0 aromatic rings. The molecule has 6 heteroatoms. The Hall–Kier alpha value is -2.18. The van der Waals surface area contributed by atoms with Crippen LogP contribution >= 0.6 is 0 Å². The fraction of sp³-hybridized carbons (Fsp3) is 0.815. The van der Waals surface area contributed by atoms with E-state index in [9.17, 15) is 19.8 Å². The van der Waals surface area contributed by atoms with Crippen LogP contribution in [0.3, 0.4) is 0 Å². The third-order valence-electron chi connectivity index (χ3n) is 11.6. The van der Waals surface area contributed by atoms with Gasteiger partial charge in [0.15, 0.2) is 0 Å². The third kappa shape index (κ3) is 42.5. The summed E-state index contributed by atoms with van der Waals surface area (Å²) in [6, 6.07) is -0.707. The first-order chi connectivity index (χ1) is 29.5. The molecule has 0 aliphatic heterocycles. The van der Waals surface area contributed by atoms with Gasteiger partial charge in [-0.3, -0.25) is 9.59 Å².